The number of carbonyl (C=O) groups excluding carboxylic acids is 1. The smallest absolute Gasteiger partial charge is 0.226 e. The fourth-order valence-electron chi connectivity index (χ4n) is 3.49. The molecule has 2 aliphatic rings. The SMILES string of the molecule is O=C(CCSc1ccccc1)N1CCC[C@H](Cc2nc(C3CC3)no2)C1. The number of thioether (sulfide) groups is 1. The summed E-state index contributed by atoms with van der Waals surface area (Å²) >= 11 is 1.75. The van der Waals surface area contributed by atoms with Crippen LogP contribution in [0.4, 0.5) is 0 Å². The highest BCUT2D eigenvalue weighted by molar-refractivity contribution is 7.99. The third-order valence-electron chi connectivity index (χ3n) is 5.09. The van der Waals surface area contributed by atoms with Crippen LogP contribution in [0.2, 0.25) is 0 Å². The van der Waals surface area contributed by atoms with Crippen molar-refractivity contribution in [1.82, 2.24) is 15.0 Å². The lowest BCUT2D eigenvalue weighted by atomic mass is 9.94. The summed E-state index contributed by atoms with van der Waals surface area (Å²) in [5, 5.41) is 4.10. The van der Waals surface area contributed by atoms with Gasteiger partial charge >= 0.3 is 0 Å². The van der Waals surface area contributed by atoms with E-state index in [1.165, 1.54) is 17.7 Å². The van der Waals surface area contributed by atoms with E-state index in [0.717, 1.165) is 49.8 Å². The molecule has 0 radical (unpaired) electrons. The van der Waals surface area contributed by atoms with E-state index >= 15 is 0 Å². The molecule has 0 unspecified atom stereocenters. The van der Waals surface area contributed by atoms with E-state index in [0.29, 0.717) is 18.3 Å². The molecular weight excluding hydrogens is 346 g/mol. The van der Waals surface area contributed by atoms with Crippen LogP contribution >= 0.6 is 11.8 Å². The summed E-state index contributed by atoms with van der Waals surface area (Å²) in [7, 11) is 0. The molecule has 1 atom stereocenters. The first-order chi connectivity index (χ1) is 12.8. The molecule has 1 saturated heterocycles. The predicted octanol–water partition coefficient (Wildman–Crippen LogP) is 3.91. The van der Waals surface area contributed by atoms with Gasteiger partial charge in [0.1, 0.15) is 0 Å². The molecule has 2 aromatic rings. The molecule has 4 rings (SSSR count). The van der Waals surface area contributed by atoms with Crippen LogP contribution < -0.4 is 0 Å². The quantitative estimate of drug-likeness (QED) is 0.691. The fraction of sp³-hybridized carbons (Fsp3) is 0.550. The van der Waals surface area contributed by atoms with Gasteiger partial charge in [0, 0.05) is 42.5 Å². The van der Waals surface area contributed by atoms with Crippen molar-refractivity contribution in [2.45, 2.75) is 49.3 Å². The van der Waals surface area contributed by atoms with Crippen LogP contribution in [0.15, 0.2) is 39.8 Å². The number of benzene rings is 1. The van der Waals surface area contributed by atoms with Gasteiger partial charge in [-0.05, 0) is 43.7 Å². The molecule has 5 nitrogen and oxygen atoms in total. The van der Waals surface area contributed by atoms with Crippen LogP contribution in [0.5, 0.6) is 0 Å². The van der Waals surface area contributed by atoms with Gasteiger partial charge in [-0.1, -0.05) is 23.4 Å². The van der Waals surface area contributed by atoms with Crippen molar-refractivity contribution in [3.8, 4) is 0 Å². The number of piperidine rings is 1. The number of hydrogen-bond acceptors (Lipinski definition) is 5. The Kier molecular flexibility index (Phi) is 5.58. The summed E-state index contributed by atoms with van der Waals surface area (Å²) in [6, 6.07) is 10.3. The van der Waals surface area contributed by atoms with Crippen molar-refractivity contribution < 1.29 is 9.32 Å². The van der Waals surface area contributed by atoms with Crippen LogP contribution in [0, 0.1) is 5.92 Å². The van der Waals surface area contributed by atoms with Gasteiger partial charge in [0.15, 0.2) is 5.82 Å². The second-order valence-corrected chi connectivity index (χ2v) is 8.45. The minimum atomic E-state index is 0.266. The normalized spacial score (nSPS) is 20.3. The van der Waals surface area contributed by atoms with Crippen LogP contribution in [-0.2, 0) is 11.2 Å². The maximum atomic E-state index is 12.5. The predicted molar refractivity (Wildman–Crippen MR) is 101 cm³/mol. The summed E-state index contributed by atoms with van der Waals surface area (Å²) in [4.78, 5) is 20.3. The first kappa shape index (κ1) is 17.6. The second-order valence-electron chi connectivity index (χ2n) is 7.28. The molecule has 1 saturated carbocycles. The average molecular weight is 372 g/mol. The monoisotopic (exact) mass is 371 g/mol. The largest absolute Gasteiger partial charge is 0.342 e. The molecular formula is C20H25N3O2S. The van der Waals surface area contributed by atoms with Gasteiger partial charge in [0.05, 0.1) is 0 Å². The summed E-state index contributed by atoms with van der Waals surface area (Å²) in [5.41, 5.74) is 0. The van der Waals surface area contributed by atoms with E-state index in [1.54, 1.807) is 11.8 Å². The highest BCUT2D eigenvalue weighted by Gasteiger charge is 2.30. The summed E-state index contributed by atoms with van der Waals surface area (Å²) in [6.45, 7) is 1.69. The molecule has 2 heterocycles. The van der Waals surface area contributed by atoms with Gasteiger partial charge < -0.3 is 9.42 Å². The standard InChI is InChI=1S/C20H25N3O2S/c24-19(10-12-26-17-6-2-1-3-7-17)23-11-4-5-15(14-23)13-18-21-20(22-25-18)16-8-9-16/h1-3,6-7,15-16H,4-5,8-14H2/t15-/m1/s1. The Morgan fingerprint density at radius 3 is 2.88 bits per heavy atom. The van der Waals surface area contributed by atoms with Crippen molar-refractivity contribution in [3.05, 3.63) is 42.0 Å². The van der Waals surface area contributed by atoms with Gasteiger partial charge in [-0.2, -0.15) is 4.98 Å². The molecule has 0 bridgehead atoms. The zero-order valence-corrected chi connectivity index (χ0v) is 15.8. The molecule has 0 spiro atoms. The van der Waals surface area contributed by atoms with Crippen molar-refractivity contribution in [1.29, 1.82) is 0 Å². The first-order valence-corrected chi connectivity index (χ1v) is 10.5. The van der Waals surface area contributed by atoms with Gasteiger partial charge in [-0.15, -0.1) is 11.8 Å². The molecule has 0 N–H and O–H groups in total. The minimum absolute atomic E-state index is 0.266. The Balaban J connectivity index is 1.23. The molecule has 1 aliphatic carbocycles. The molecule has 1 aromatic carbocycles. The number of amides is 1. The van der Waals surface area contributed by atoms with Gasteiger partial charge in [-0.25, -0.2) is 0 Å². The van der Waals surface area contributed by atoms with Crippen LogP contribution in [0.1, 0.15) is 49.7 Å². The molecule has 1 aromatic heterocycles. The Morgan fingerprint density at radius 2 is 2.08 bits per heavy atom. The molecule has 138 valence electrons. The first-order valence-electron chi connectivity index (χ1n) is 9.56. The zero-order chi connectivity index (χ0) is 17.8. The van der Waals surface area contributed by atoms with E-state index < -0.39 is 0 Å². The Hall–Kier alpha value is -1.82. The van der Waals surface area contributed by atoms with E-state index in [4.69, 9.17) is 4.52 Å². The number of likely N-dealkylation sites (tertiary alicyclic amines) is 1. The lowest BCUT2D eigenvalue weighted by Gasteiger charge is -2.32. The summed E-state index contributed by atoms with van der Waals surface area (Å²) in [5.74, 6) is 3.68. The van der Waals surface area contributed by atoms with Crippen molar-refractivity contribution >= 4 is 17.7 Å². The fourth-order valence-corrected chi connectivity index (χ4v) is 4.36. The van der Waals surface area contributed by atoms with E-state index in [2.05, 4.69) is 22.3 Å². The number of aromatic nitrogens is 2. The molecule has 26 heavy (non-hydrogen) atoms. The van der Waals surface area contributed by atoms with Crippen LogP contribution in [0.25, 0.3) is 0 Å². The number of carbonyl (C=O) groups is 1. The highest BCUT2D eigenvalue weighted by atomic mass is 32.2. The van der Waals surface area contributed by atoms with Crippen LogP contribution in [0.3, 0.4) is 0 Å². The molecule has 6 heteroatoms. The van der Waals surface area contributed by atoms with Crippen molar-refractivity contribution in [3.63, 3.8) is 0 Å². The minimum Gasteiger partial charge on any atom is -0.342 e. The van der Waals surface area contributed by atoms with Gasteiger partial charge in [0.25, 0.3) is 0 Å². The van der Waals surface area contributed by atoms with E-state index in [9.17, 15) is 4.79 Å². The number of hydrogen-bond donors (Lipinski definition) is 0. The van der Waals surface area contributed by atoms with Gasteiger partial charge in [-0.3, -0.25) is 4.79 Å². The van der Waals surface area contributed by atoms with E-state index in [-0.39, 0.29) is 5.91 Å². The Bertz CT molecular complexity index is 730. The number of rotatable bonds is 7. The lowest BCUT2D eigenvalue weighted by Crippen LogP contribution is -2.40. The average Bonchev–Trinajstić information content (AvgIpc) is 3.42. The number of nitrogens with zero attached hydrogens (tertiary/aromatic N) is 3. The molecule has 1 aliphatic heterocycles. The van der Waals surface area contributed by atoms with Crippen molar-refractivity contribution in [2.24, 2.45) is 5.92 Å². The zero-order valence-electron chi connectivity index (χ0n) is 15.0. The maximum Gasteiger partial charge on any atom is 0.226 e. The van der Waals surface area contributed by atoms with Crippen molar-refractivity contribution in [2.75, 3.05) is 18.8 Å². The van der Waals surface area contributed by atoms with Crippen LogP contribution in [-0.4, -0.2) is 39.8 Å². The molecule has 1 amide bonds. The third kappa shape index (κ3) is 4.67. The highest BCUT2D eigenvalue weighted by Crippen LogP contribution is 2.38. The summed E-state index contributed by atoms with van der Waals surface area (Å²) in [6.07, 6.45) is 5.95. The molecule has 2 fully saturated rings. The van der Waals surface area contributed by atoms with Gasteiger partial charge in [0.2, 0.25) is 11.8 Å². The Labute approximate surface area is 158 Å². The second kappa shape index (κ2) is 8.25. The topological polar surface area (TPSA) is 59.2 Å². The lowest BCUT2D eigenvalue weighted by molar-refractivity contribution is -0.132. The maximum absolute atomic E-state index is 12.5. The van der Waals surface area contributed by atoms with E-state index in [1.807, 2.05) is 23.1 Å². The third-order valence-corrected chi connectivity index (χ3v) is 6.10. The summed E-state index contributed by atoms with van der Waals surface area (Å²) < 4.78 is 5.41. The Morgan fingerprint density at radius 1 is 1.23 bits per heavy atom.